The lowest BCUT2D eigenvalue weighted by atomic mass is 9.78. The van der Waals surface area contributed by atoms with Crippen LogP contribution in [-0.4, -0.2) is 62.0 Å². The van der Waals surface area contributed by atoms with Crippen LogP contribution in [-0.2, 0) is 23.5 Å². The molecule has 0 saturated carbocycles. The summed E-state index contributed by atoms with van der Waals surface area (Å²) >= 11 is 0. The minimum Gasteiger partial charge on any atom is -0.414 e. The van der Waals surface area contributed by atoms with Crippen LogP contribution in [0.1, 0.15) is 27.0 Å². The molecule has 12 heteroatoms. The molecule has 4 atom stereocenters. The molecule has 2 N–H and O–H groups in total. The molecular weight excluding hydrogens is 414 g/mol. The largest absolute Gasteiger partial charge is 0.414 e. The van der Waals surface area contributed by atoms with Gasteiger partial charge in [-0.15, -0.1) is 0 Å². The van der Waals surface area contributed by atoms with Gasteiger partial charge in [-0.1, -0.05) is 20.8 Å². The van der Waals surface area contributed by atoms with Crippen molar-refractivity contribution in [2.45, 2.75) is 52.3 Å². The Bertz CT molecular complexity index is 974. The van der Waals surface area contributed by atoms with Crippen molar-refractivity contribution in [1.82, 2.24) is 19.5 Å². The van der Waals surface area contributed by atoms with Gasteiger partial charge in [-0.2, -0.15) is 8.42 Å². The molecule has 1 saturated heterocycles. The molecule has 1 fully saturated rings. The number of anilines is 1. The van der Waals surface area contributed by atoms with E-state index >= 15 is 0 Å². The normalized spacial score (nSPS) is 24.0. The predicted molar refractivity (Wildman–Crippen MR) is 111 cm³/mol. The summed E-state index contributed by atoms with van der Waals surface area (Å²) in [6.07, 6.45) is 2.95. The van der Waals surface area contributed by atoms with Crippen LogP contribution in [0.25, 0.3) is 11.2 Å². The molecule has 0 aromatic carbocycles. The fourth-order valence-electron chi connectivity index (χ4n) is 3.51. The van der Waals surface area contributed by atoms with Gasteiger partial charge in [0.15, 0.2) is 20.5 Å². The second kappa shape index (κ2) is 7.91. The number of rotatable bonds is 7. The Labute approximate surface area is 172 Å². The molecule has 2 aromatic heterocycles. The number of nitrogens with zero attached hydrogens (tertiary/aromatic N) is 4. The van der Waals surface area contributed by atoms with Crippen LogP contribution in [0.4, 0.5) is 5.82 Å². The molecule has 0 spiro atoms. The van der Waals surface area contributed by atoms with Gasteiger partial charge < -0.3 is 14.9 Å². The van der Waals surface area contributed by atoms with E-state index in [1.807, 2.05) is 0 Å². The minimum absolute atomic E-state index is 0.0238. The highest BCUT2D eigenvalue weighted by Crippen LogP contribution is 2.45. The number of aromatic nitrogens is 4. The SMILES string of the molecule is C[SiH](C)OC([C@H]1O[C@@H](n2cnc3c(N)ncnc32)[C@@H]1COS(C)(=O)=O)C(C)(C)C. The predicted octanol–water partition coefficient (Wildman–Crippen LogP) is 1.31. The molecule has 0 radical (unpaired) electrons. The van der Waals surface area contributed by atoms with Gasteiger partial charge in [-0.05, 0) is 18.5 Å². The summed E-state index contributed by atoms with van der Waals surface area (Å²) in [4.78, 5) is 12.5. The van der Waals surface area contributed by atoms with Crippen molar-refractivity contribution in [2.24, 2.45) is 11.3 Å². The Hall–Kier alpha value is -1.60. The lowest BCUT2D eigenvalue weighted by molar-refractivity contribution is -0.270. The monoisotopic (exact) mass is 443 g/mol. The van der Waals surface area contributed by atoms with E-state index < -0.39 is 25.4 Å². The minimum atomic E-state index is -3.60. The zero-order chi connectivity index (χ0) is 21.6. The molecule has 0 bridgehead atoms. The van der Waals surface area contributed by atoms with Crippen LogP contribution < -0.4 is 5.73 Å². The van der Waals surface area contributed by atoms with Gasteiger partial charge >= 0.3 is 0 Å². The molecule has 162 valence electrons. The number of ether oxygens (including phenoxy) is 1. The summed E-state index contributed by atoms with van der Waals surface area (Å²) in [6, 6.07) is 0. The second-order valence-electron chi connectivity index (χ2n) is 8.70. The third-order valence-corrected chi connectivity index (χ3v) is 6.19. The first-order valence-corrected chi connectivity index (χ1v) is 14.1. The van der Waals surface area contributed by atoms with Crippen molar-refractivity contribution in [3.05, 3.63) is 12.7 Å². The third kappa shape index (κ3) is 4.77. The van der Waals surface area contributed by atoms with Crippen molar-refractivity contribution in [3.8, 4) is 0 Å². The lowest BCUT2D eigenvalue weighted by Crippen LogP contribution is -2.58. The number of hydrogen-bond donors (Lipinski definition) is 1. The Morgan fingerprint density at radius 2 is 2.00 bits per heavy atom. The Morgan fingerprint density at radius 1 is 1.31 bits per heavy atom. The Balaban J connectivity index is 1.94. The quantitative estimate of drug-likeness (QED) is 0.497. The van der Waals surface area contributed by atoms with E-state index in [0.717, 1.165) is 6.26 Å². The van der Waals surface area contributed by atoms with E-state index in [9.17, 15) is 8.42 Å². The van der Waals surface area contributed by atoms with Gasteiger partial charge in [0.2, 0.25) is 0 Å². The molecule has 0 aliphatic carbocycles. The zero-order valence-corrected chi connectivity index (χ0v) is 19.5. The fourth-order valence-corrected chi connectivity index (χ4v) is 5.06. The standard InChI is InChI=1S/C17H29N5O5SSi/c1-17(2,3)13(27-29(5)6)12-10(7-25-28(4,23)24)16(26-12)22-9-21-11-14(18)19-8-20-15(11)22/h8-10,12-13,16,29H,7H2,1-6H3,(H2,18,19,20)/t10-,12+,13?,16-/m1/s1. The molecule has 2 aromatic rings. The fraction of sp³-hybridized carbons (Fsp3) is 0.706. The smallest absolute Gasteiger partial charge is 0.264 e. The lowest BCUT2D eigenvalue weighted by Gasteiger charge is -2.51. The van der Waals surface area contributed by atoms with Crippen molar-refractivity contribution < 1.29 is 21.8 Å². The molecule has 1 aliphatic rings. The van der Waals surface area contributed by atoms with E-state index in [-0.39, 0.29) is 36.0 Å². The van der Waals surface area contributed by atoms with Crippen LogP contribution >= 0.6 is 0 Å². The number of fused-ring (bicyclic) bond motifs is 1. The molecule has 1 unspecified atom stereocenters. The van der Waals surface area contributed by atoms with Gasteiger partial charge in [-0.3, -0.25) is 8.75 Å². The van der Waals surface area contributed by atoms with E-state index in [1.54, 1.807) is 10.9 Å². The van der Waals surface area contributed by atoms with Gasteiger partial charge in [0.05, 0.1) is 37.3 Å². The second-order valence-corrected chi connectivity index (χ2v) is 12.7. The van der Waals surface area contributed by atoms with Crippen molar-refractivity contribution >= 4 is 36.1 Å². The highest BCUT2D eigenvalue weighted by Gasteiger charge is 2.52. The molecule has 10 nitrogen and oxygen atoms in total. The van der Waals surface area contributed by atoms with Crippen molar-refractivity contribution in [2.75, 3.05) is 18.6 Å². The average Bonchev–Trinajstić information content (AvgIpc) is 2.96. The highest BCUT2D eigenvalue weighted by molar-refractivity contribution is 7.85. The maximum Gasteiger partial charge on any atom is 0.264 e. The molecule has 3 heterocycles. The van der Waals surface area contributed by atoms with E-state index in [0.29, 0.717) is 11.2 Å². The molecule has 29 heavy (non-hydrogen) atoms. The van der Waals surface area contributed by atoms with Gasteiger partial charge in [-0.25, -0.2) is 15.0 Å². The Morgan fingerprint density at radius 3 is 2.59 bits per heavy atom. The van der Waals surface area contributed by atoms with Crippen LogP contribution in [0.2, 0.25) is 13.1 Å². The first-order valence-electron chi connectivity index (χ1n) is 9.47. The molecule has 0 amide bonds. The zero-order valence-electron chi connectivity index (χ0n) is 17.6. The summed E-state index contributed by atoms with van der Waals surface area (Å²) in [5.41, 5.74) is 6.68. The highest BCUT2D eigenvalue weighted by atomic mass is 32.2. The summed E-state index contributed by atoms with van der Waals surface area (Å²) in [5, 5.41) is 0. The van der Waals surface area contributed by atoms with Crippen LogP contribution in [0.15, 0.2) is 12.7 Å². The first kappa shape index (κ1) is 22.1. The van der Waals surface area contributed by atoms with E-state index in [2.05, 4.69) is 48.8 Å². The maximum absolute atomic E-state index is 11.6. The number of nitrogen functional groups attached to an aromatic ring is 1. The average molecular weight is 444 g/mol. The maximum atomic E-state index is 11.6. The topological polar surface area (TPSA) is 131 Å². The van der Waals surface area contributed by atoms with Crippen LogP contribution in [0.5, 0.6) is 0 Å². The van der Waals surface area contributed by atoms with Crippen molar-refractivity contribution in [3.63, 3.8) is 0 Å². The summed E-state index contributed by atoms with van der Waals surface area (Å²) in [7, 11) is -4.97. The van der Waals surface area contributed by atoms with E-state index in [1.165, 1.54) is 6.33 Å². The molecular formula is C17H29N5O5SSi. The summed E-state index contributed by atoms with van der Waals surface area (Å²) < 4.78 is 42.7. The first-order chi connectivity index (χ1) is 13.4. The Kier molecular flexibility index (Phi) is 6.02. The number of nitrogens with two attached hydrogens (primary N) is 1. The van der Waals surface area contributed by atoms with Gasteiger partial charge in [0.25, 0.3) is 10.1 Å². The van der Waals surface area contributed by atoms with E-state index in [4.69, 9.17) is 19.1 Å². The van der Waals surface area contributed by atoms with Gasteiger partial charge in [0, 0.05) is 0 Å². The molecule has 1 aliphatic heterocycles. The van der Waals surface area contributed by atoms with Crippen molar-refractivity contribution in [1.29, 1.82) is 0 Å². The third-order valence-electron chi connectivity index (χ3n) is 4.79. The van der Waals surface area contributed by atoms with Gasteiger partial charge in [0.1, 0.15) is 18.1 Å². The summed E-state index contributed by atoms with van der Waals surface area (Å²) in [6.45, 7) is 10.4. The molecule has 3 rings (SSSR count). The number of imidazole rings is 1. The summed E-state index contributed by atoms with van der Waals surface area (Å²) in [5.74, 6) is 0.00515. The van der Waals surface area contributed by atoms with Crippen LogP contribution in [0.3, 0.4) is 0 Å². The van der Waals surface area contributed by atoms with Crippen LogP contribution in [0, 0.1) is 11.3 Å². The number of hydrogen-bond acceptors (Lipinski definition) is 9.